The van der Waals surface area contributed by atoms with Gasteiger partial charge in [0.25, 0.3) is 0 Å². The van der Waals surface area contributed by atoms with Crippen LogP contribution in [-0.4, -0.2) is 54.3 Å². The van der Waals surface area contributed by atoms with Crippen LogP contribution in [0.3, 0.4) is 0 Å². The number of likely N-dealkylation sites (tertiary alicyclic amines) is 2. The van der Waals surface area contributed by atoms with Gasteiger partial charge < -0.3 is 14.4 Å². The van der Waals surface area contributed by atoms with Crippen LogP contribution in [0.5, 0.6) is 11.5 Å². The molecule has 0 N–H and O–H groups in total. The van der Waals surface area contributed by atoms with Crippen molar-refractivity contribution in [2.75, 3.05) is 20.8 Å². The van der Waals surface area contributed by atoms with Crippen LogP contribution in [0.25, 0.3) is 0 Å². The molecule has 2 heterocycles. The van der Waals surface area contributed by atoms with Crippen molar-refractivity contribution in [3.05, 3.63) is 59.7 Å². The van der Waals surface area contributed by atoms with Gasteiger partial charge in [0.1, 0.15) is 11.5 Å². The minimum absolute atomic E-state index is 0.0123. The van der Waals surface area contributed by atoms with Crippen molar-refractivity contribution in [2.45, 2.75) is 68.9 Å². The summed E-state index contributed by atoms with van der Waals surface area (Å²) in [6.45, 7) is 0.609. The van der Waals surface area contributed by atoms with Crippen molar-refractivity contribution in [1.82, 2.24) is 9.80 Å². The summed E-state index contributed by atoms with van der Waals surface area (Å²) < 4.78 is 11.2. The number of nitrogens with zero attached hydrogens (tertiary/aromatic N) is 2. The standard InChI is InChI=1S/C29H34N2O5/c1-35-24-15-7-5-12-21(24)23-14-9-17-30(23)26(32)18-29(22-13-6-8-16-25(22)36-2)19-27(33)31(28(29)34)20-10-3-4-11-20/h5-8,12-13,15-16,20,23H,3-4,9-11,14,17-19H2,1-2H3. The van der Waals surface area contributed by atoms with E-state index in [1.54, 1.807) is 20.3 Å². The Morgan fingerprint density at radius 3 is 2.31 bits per heavy atom. The van der Waals surface area contributed by atoms with Crippen molar-refractivity contribution in [3.8, 4) is 11.5 Å². The zero-order chi connectivity index (χ0) is 25.3. The van der Waals surface area contributed by atoms with E-state index in [4.69, 9.17) is 9.47 Å². The van der Waals surface area contributed by atoms with Crippen LogP contribution in [0.4, 0.5) is 0 Å². The lowest BCUT2D eigenvalue weighted by Gasteiger charge is -2.33. The number of benzene rings is 2. The first-order chi connectivity index (χ1) is 17.5. The van der Waals surface area contributed by atoms with Gasteiger partial charge >= 0.3 is 0 Å². The van der Waals surface area contributed by atoms with Gasteiger partial charge in [0.2, 0.25) is 17.7 Å². The summed E-state index contributed by atoms with van der Waals surface area (Å²) in [4.78, 5) is 44.8. The van der Waals surface area contributed by atoms with Crippen LogP contribution in [0.2, 0.25) is 0 Å². The fourth-order valence-electron chi connectivity index (χ4n) is 6.47. The van der Waals surface area contributed by atoms with Crippen LogP contribution < -0.4 is 9.47 Å². The van der Waals surface area contributed by atoms with E-state index in [2.05, 4.69) is 0 Å². The second kappa shape index (κ2) is 9.96. The van der Waals surface area contributed by atoms with E-state index >= 15 is 0 Å². The molecule has 2 unspecified atom stereocenters. The second-order valence-electron chi connectivity index (χ2n) is 10.1. The molecule has 3 amide bonds. The normalized spacial score (nSPS) is 24.6. The topological polar surface area (TPSA) is 76.2 Å². The average Bonchev–Trinajstić information content (AvgIpc) is 3.65. The van der Waals surface area contributed by atoms with Crippen molar-refractivity contribution >= 4 is 17.7 Å². The van der Waals surface area contributed by atoms with Gasteiger partial charge in [0.05, 0.1) is 25.7 Å². The fourth-order valence-corrected chi connectivity index (χ4v) is 6.47. The van der Waals surface area contributed by atoms with Crippen molar-refractivity contribution in [2.24, 2.45) is 0 Å². The van der Waals surface area contributed by atoms with Crippen LogP contribution >= 0.6 is 0 Å². The molecule has 3 aliphatic rings. The Morgan fingerprint density at radius 2 is 1.58 bits per heavy atom. The number of carbonyl (C=O) groups is 3. The number of imide groups is 1. The molecule has 2 aliphatic heterocycles. The van der Waals surface area contributed by atoms with Gasteiger partial charge in [-0.3, -0.25) is 19.3 Å². The molecule has 0 bridgehead atoms. The third kappa shape index (κ3) is 4.04. The van der Waals surface area contributed by atoms with Gasteiger partial charge in [-0.2, -0.15) is 0 Å². The quantitative estimate of drug-likeness (QED) is 0.538. The zero-order valence-corrected chi connectivity index (χ0v) is 21.1. The van der Waals surface area contributed by atoms with Crippen LogP contribution in [-0.2, 0) is 19.8 Å². The van der Waals surface area contributed by atoms with Gasteiger partial charge in [0, 0.05) is 36.6 Å². The third-order valence-electron chi connectivity index (χ3n) is 8.19. The molecule has 2 saturated heterocycles. The molecule has 2 aromatic carbocycles. The lowest BCUT2D eigenvalue weighted by atomic mass is 9.75. The van der Waals surface area contributed by atoms with Crippen LogP contribution in [0.1, 0.15) is 68.5 Å². The van der Waals surface area contributed by atoms with E-state index < -0.39 is 5.41 Å². The summed E-state index contributed by atoms with van der Waals surface area (Å²) in [6, 6.07) is 14.9. The van der Waals surface area contributed by atoms with Crippen molar-refractivity contribution in [3.63, 3.8) is 0 Å². The molecule has 190 valence electrons. The highest BCUT2D eigenvalue weighted by atomic mass is 16.5. The number of carbonyl (C=O) groups excluding carboxylic acids is 3. The monoisotopic (exact) mass is 490 g/mol. The highest BCUT2D eigenvalue weighted by Gasteiger charge is 2.57. The molecule has 2 aromatic rings. The van der Waals surface area contributed by atoms with E-state index in [0.29, 0.717) is 17.9 Å². The Hall–Kier alpha value is -3.35. The van der Waals surface area contributed by atoms with E-state index in [1.165, 1.54) is 4.90 Å². The first kappa shape index (κ1) is 24.3. The predicted octanol–water partition coefficient (Wildman–Crippen LogP) is 4.40. The van der Waals surface area contributed by atoms with Crippen molar-refractivity contribution in [1.29, 1.82) is 0 Å². The highest BCUT2D eigenvalue weighted by Crippen LogP contribution is 2.47. The number of amides is 3. The van der Waals surface area contributed by atoms with Gasteiger partial charge in [-0.1, -0.05) is 49.2 Å². The molecule has 0 aromatic heterocycles. The average molecular weight is 491 g/mol. The summed E-state index contributed by atoms with van der Waals surface area (Å²) in [6.07, 6.45) is 5.30. The summed E-state index contributed by atoms with van der Waals surface area (Å²) in [5.41, 5.74) is 0.323. The molecule has 1 aliphatic carbocycles. The molecule has 2 atom stereocenters. The Morgan fingerprint density at radius 1 is 0.917 bits per heavy atom. The molecular formula is C29H34N2O5. The molecular weight excluding hydrogens is 456 g/mol. The Bertz CT molecular complexity index is 1160. The number of rotatable bonds is 7. The number of para-hydroxylation sites is 2. The number of methoxy groups -OCH3 is 2. The summed E-state index contributed by atoms with van der Waals surface area (Å²) in [5, 5.41) is 0. The molecule has 5 rings (SSSR count). The lowest BCUT2D eigenvalue weighted by molar-refractivity contribution is -0.145. The summed E-state index contributed by atoms with van der Waals surface area (Å²) >= 11 is 0. The van der Waals surface area contributed by atoms with Gasteiger partial charge in [0.15, 0.2) is 0 Å². The number of hydrogen-bond donors (Lipinski definition) is 0. The van der Waals surface area contributed by atoms with Crippen LogP contribution in [0.15, 0.2) is 48.5 Å². The number of hydrogen-bond acceptors (Lipinski definition) is 5. The molecule has 3 fully saturated rings. The van der Waals surface area contributed by atoms with E-state index in [1.807, 2.05) is 47.4 Å². The second-order valence-corrected chi connectivity index (χ2v) is 10.1. The summed E-state index contributed by atoms with van der Waals surface area (Å²) in [5.74, 6) is 0.714. The van der Waals surface area contributed by atoms with Gasteiger partial charge in [-0.05, 0) is 37.8 Å². The zero-order valence-electron chi connectivity index (χ0n) is 21.1. The molecule has 7 heteroatoms. The smallest absolute Gasteiger partial charge is 0.241 e. The molecule has 0 radical (unpaired) electrons. The number of ether oxygens (including phenoxy) is 2. The Kier molecular flexibility index (Phi) is 6.73. The Labute approximate surface area is 212 Å². The maximum absolute atomic E-state index is 14.2. The van der Waals surface area contributed by atoms with Gasteiger partial charge in [-0.15, -0.1) is 0 Å². The minimum atomic E-state index is -1.27. The van der Waals surface area contributed by atoms with Crippen molar-refractivity contribution < 1.29 is 23.9 Å². The van der Waals surface area contributed by atoms with Gasteiger partial charge in [-0.25, -0.2) is 0 Å². The predicted molar refractivity (Wildman–Crippen MR) is 135 cm³/mol. The van der Waals surface area contributed by atoms with E-state index in [0.717, 1.165) is 49.8 Å². The maximum atomic E-state index is 14.2. The SMILES string of the molecule is COc1ccccc1C1CCCN1C(=O)CC1(c2ccccc2OC)CC(=O)N(C2CCCC2)C1=O. The van der Waals surface area contributed by atoms with E-state index in [9.17, 15) is 14.4 Å². The first-order valence-corrected chi connectivity index (χ1v) is 12.9. The van der Waals surface area contributed by atoms with Crippen LogP contribution in [0, 0.1) is 0 Å². The van der Waals surface area contributed by atoms with E-state index in [-0.39, 0.29) is 42.6 Å². The molecule has 36 heavy (non-hydrogen) atoms. The fraction of sp³-hybridized carbons (Fsp3) is 0.483. The largest absolute Gasteiger partial charge is 0.496 e. The third-order valence-corrected chi connectivity index (χ3v) is 8.19. The highest BCUT2D eigenvalue weighted by molar-refractivity contribution is 6.11. The Balaban J connectivity index is 1.52. The molecule has 1 saturated carbocycles. The molecule has 7 nitrogen and oxygen atoms in total. The maximum Gasteiger partial charge on any atom is 0.241 e. The minimum Gasteiger partial charge on any atom is -0.496 e. The lowest BCUT2D eigenvalue weighted by Crippen LogP contribution is -2.46. The summed E-state index contributed by atoms with van der Waals surface area (Å²) in [7, 11) is 3.19. The first-order valence-electron chi connectivity index (χ1n) is 12.9. The molecule has 0 spiro atoms.